The van der Waals surface area contributed by atoms with Crippen molar-refractivity contribution in [3.8, 4) is 11.1 Å². The number of benzene rings is 3. The first-order valence-corrected chi connectivity index (χ1v) is 11.2. The lowest BCUT2D eigenvalue weighted by molar-refractivity contribution is -0.142. The third-order valence-corrected chi connectivity index (χ3v) is 5.95. The minimum Gasteiger partial charge on any atom is -0.479 e. The Kier molecular flexibility index (Phi) is 7.42. The van der Waals surface area contributed by atoms with E-state index in [9.17, 15) is 19.5 Å². The van der Waals surface area contributed by atoms with Crippen LogP contribution in [-0.4, -0.2) is 49.4 Å². The van der Waals surface area contributed by atoms with E-state index in [0.29, 0.717) is 5.56 Å². The summed E-state index contributed by atoms with van der Waals surface area (Å²) in [6.07, 6.45) is -0.796. The van der Waals surface area contributed by atoms with Gasteiger partial charge in [-0.3, -0.25) is 4.79 Å². The zero-order valence-electron chi connectivity index (χ0n) is 19.1. The molecule has 3 aromatic carbocycles. The van der Waals surface area contributed by atoms with E-state index in [-0.39, 0.29) is 19.1 Å². The van der Waals surface area contributed by atoms with Gasteiger partial charge in [-0.15, -0.1) is 0 Å². The molecule has 8 heteroatoms. The molecule has 0 saturated carbocycles. The number of aliphatic carboxylic acids is 1. The van der Waals surface area contributed by atoms with Crippen LogP contribution in [-0.2, 0) is 19.1 Å². The van der Waals surface area contributed by atoms with E-state index < -0.39 is 30.1 Å². The molecule has 2 atom stereocenters. The van der Waals surface area contributed by atoms with E-state index >= 15 is 0 Å². The largest absolute Gasteiger partial charge is 0.479 e. The van der Waals surface area contributed by atoms with Crippen LogP contribution in [0, 0.1) is 0 Å². The molecule has 4 rings (SSSR count). The molecule has 1 unspecified atom stereocenters. The first-order valence-electron chi connectivity index (χ1n) is 11.2. The molecule has 1 aliphatic carbocycles. The lowest BCUT2D eigenvalue weighted by atomic mass is 9.98. The normalized spacial score (nSPS) is 13.7. The monoisotopic (exact) mass is 474 g/mol. The number of nitrogens with one attached hydrogen (secondary N) is 2. The van der Waals surface area contributed by atoms with Crippen LogP contribution in [0.4, 0.5) is 4.79 Å². The number of fused-ring (bicyclic) bond motifs is 3. The predicted octanol–water partition coefficient (Wildman–Crippen LogP) is 3.48. The summed E-state index contributed by atoms with van der Waals surface area (Å²) in [5.74, 6) is -2.05. The van der Waals surface area contributed by atoms with Crippen LogP contribution in [0.1, 0.15) is 28.7 Å². The Labute approximate surface area is 202 Å². The Bertz CT molecular complexity index is 1170. The third kappa shape index (κ3) is 5.33. The topological polar surface area (TPSA) is 114 Å². The van der Waals surface area contributed by atoms with Crippen molar-refractivity contribution in [3.05, 3.63) is 95.6 Å². The molecule has 0 aliphatic heterocycles. The summed E-state index contributed by atoms with van der Waals surface area (Å²) < 4.78 is 10.6. The number of carboxylic acids is 1. The number of amides is 2. The standard InChI is InChI=1S/C27H26N2O6/c1-34-16-23(25(30)29-24(26(31)32)17-9-3-2-4-10-17)28-27(33)35-15-22-20-13-7-5-11-18(20)19-12-6-8-14-21(19)22/h2-14,22-24H,15-16H2,1H3,(H,28,33)(H,29,30)(H,31,32)/t23?,24-/m0/s1. The predicted molar refractivity (Wildman–Crippen MR) is 129 cm³/mol. The highest BCUT2D eigenvalue weighted by molar-refractivity contribution is 5.90. The number of hydrogen-bond donors (Lipinski definition) is 3. The zero-order valence-corrected chi connectivity index (χ0v) is 19.1. The van der Waals surface area contributed by atoms with Gasteiger partial charge in [0, 0.05) is 13.0 Å². The quantitative estimate of drug-likeness (QED) is 0.438. The maximum atomic E-state index is 12.8. The van der Waals surface area contributed by atoms with Gasteiger partial charge in [-0.2, -0.15) is 0 Å². The van der Waals surface area contributed by atoms with Crippen LogP contribution >= 0.6 is 0 Å². The van der Waals surface area contributed by atoms with E-state index in [2.05, 4.69) is 10.6 Å². The molecule has 0 spiro atoms. The van der Waals surface area contributed by atoms with Gasteiger partial charge < -0.3 is 25.2 Å². The molecule has 8 nitrogen and oxygen atoms in total. The average molecular weight is 475 g/mol. The minimum absolute atomic E-state index is 0.0863. The van der Waals surface area contributed by atoms with E-state index in [1.165, 1.54) is 7.11 Å². The van der Waals surface area contributed by atoms with Crippen molar-refractivity contribution in [1.29, 1.82) is 0 Å². The molecule has 35 heavy (non-hydrogen) atoms. The maximum Gasteiger partial charge on any atom is 0.407 e. The summed E-state index contributed by atoms with van der Waals surface area (Å²) in [6, 6.07) is 21.8. The van der Waals surface area contributed by atoms with E-state index in [0.717, 1.165) is 22.3 Å². The number of methoxy groups -OCH3 is 1. The van der Waals surface area contributed by atoms with Gasteiger partial charge in [-0.1, -0.05) is 78.9 Å². The number of carboxylic acid groups (broad SMARTS) is 1. The Balaban J connectivity index is 1.41. The molecular formula is C27H26N2O6. The van der Waals surface area contributed by atoms with E-state index in [1.807, 2.05) is 48.5 Å². The second-order valence-electron chi connectivity index (χ2n) is 8.17. The van der Waals surface area contributed by atoms with Gasteiger partial charge in [0.25, 0.3) is 0 Å². The van der Waals surface area contributed by atoms with Crippen LogP contribution < -0.4 is 10.6 Å². The number of rotatable bonds is 9. The number of carbonyl (C=O) groups excluding carboxylic acids is 2. The van der Waals surface area contributed by atoms with Crippen molar-refractivity contribution in [2.45, 2.75) is 18.0 Å². The average Bonchev–Trinajstić information content (AvgIpc) is 3.19. The van der Waals surface area contributed by atoms with Crippen molar-refractivity contribution in [2.24, 2.45) is 0 Å². The Hall–Kier alpha value is -4.17. The van der Waals surface area contributed by atoms with Crippen LogP contribution in [0.3, 0.4) is 0 Å². The van der Waals surface area contributed by atoms with Crippen LogP contribution in [0.2, 0.25) is 0 Å². The van der Waals surface area contributed by atoms with Gasteiger partial charge in [0.2, 0.25) is 5.91 Å². The minimum atomic E-state index is -1.27. The van der Waals surface area contributed by atoms with E-state index in [4.69, 9.17) is 9.47 Å². The number of ether oxygens (including phenoxy) is 2. The second kappa shape index (κ2) is 10.8. The Morgan fingerprint density at radius 2 is 1.43 bits per heavy atom. The van der Waals surface area contributed by atoms with Gasteiger partial charge in [0.1, 0.15) is 12.6 Å². The molecule has 3 aromatic rings. The van der Waals surface area contributed by atoms with Crippen molar-refractivity contribution in [2.75, 3.05) is 20.3 Å². The molecule has 3 N–H and O–H groups in total. The number of hydrogen-bond acceptors (Lipinski definition) is 5. The van der Waals surface area contributed by atoms with Gasteiger partial charge in [-0.25, -0.2) is 9.59 Å². The molecule has 180 valence electrons. The van der Waals surface area contributed by atoms with Gasteiger partial charge in [-0.05, 0) is 27.8 Å². The molecule has 0 radical (unpaired) electrons. The van der Waals surface area contributed by atoms with Crippen molar-refractivity contribution >= 4 is 18.0 Å². The smallest absolute Gasteiger partial charge is 0.407 e. The molecule has 0 bridgehead atoms. The lowest BCUT2D eigenvalue weighted by Gasteiger charge is -2.21. The van der Waals surface area contributed by atoms with Gasteiger partial charge in [0.15, 0.2) is 6.04 Å². The summed E-state index contributed by atoms with van der Waals surface area (Å²) in [5.41, 5.74) is 4.76. The zero-order chi connectivity index (χ0) is 24.8. The molecule has 0 heterocycles. The fourth-order valence-corrected chi connectivity index (χ4v) is 4.31. The summed E-state index contributed by atoms with van der Waals surface area (Å²) in [6.45, 7) is -0.0693. The number of carbonyl (C=O) groups is 3. The SMILES string of the molecule is COCC(NC(=O)OCC1c2ccccc2-c2ccccc21)C(=O)N[C@H](C(=O)O)c1ccccc1. The highest BCUT2D eigenvalue weighted by Crippen LogP contribution is 2.44. The molecule has 1 aliphatic rings. The fourth-order valence-electron chi connectivity index (χ4n) is 4.31. The number of alkyl carbamates (subject to hydrolysis) is 1. The van der Waals surface area contributed by atoms with E-state index in [1.54, 1.807) is 30.3 Å². The van der Waals surface area contributed by atoms with Gasteiger partial charge in [0.05, 0.1) is 6.61 Å². The third-order valence-electron chi connectivity index (χ3n) is 5.95. The Morgan fingerprint density at radius 3 is 2.00 bits per heavy atom. The van der Waals surface area contributed by atoms with Crippen LogP contribution in [0.25, 0.3) is 11.1 Å². The first kappa shape index (κ1) is 24.0. The molecular weight excluding hydrogens is 448 g/mol. The molecule has 2 amide bonds. The van der Waals surface area contributed by atoms with Crippen molar-refractivity contribution in [3.63, 3.8) is 0 Å². The summed E-state index contributed by atoms with van der Waals surface area (Å²) in [7, 11) is 1.38. The molecule has 0 aromatic heterocycles. The molecule has 0 fully saturated rings. The highest BCUT2D eigenvalue weighted by Gasteiger charge is 2.31. The van der Waals surface area contributed by atoms with Crippen LogP contribution in [0.15, 0.2) is 78.9 Å². The van der Waals surface area contributed by atoms with Crippen molar-refractivity contribution in [1.82, 2.24) is 10.6 Å². The Morgan fingerprint density at radius 1 is 0.857 bits per heavy atom. The maximum absolute atomic E-state index is 12.8. The second-order valence-corrected chi connectivity index (χ2v) is 8.17. The molecule has 0 saturated heterocycles. The van der Waals surface area contributed by atoms with Crippen LogP contribution in [0.5, 0.6) is 0 Å². The first-order chi connectivity index (χ1) is 17.0. The summed E-state index contributed by atoms with van der Waals surface area (Å²) in [4.78, 5) is 37.2. The highest BCUT2D eigenvalue weighted by atomic mass is 16.5. The summed E-state index contributed by atoms with van der Waals surface area (Å²) in [5, 5.41) is 14.5. The van der Waals surface area contributed by atoms with Crippen molar-refractivity contribution < 1.29 is 29.0 Å². The fraction of sp³-hybridized carbons (Fsp3) is 0.222. The lowest BCUT2D eigenvalue weighted by Crippen LogP contribution is -2.51. The summed E-state index contributed by atoms with van der Waals surface area (Å²) >= 11 is 0. The van der Waals surface area contributed by atoms with Gasteiger partial charge >= 0.3 is 12.1 Å².